The number of carbonyl (C=O) groups excluding carboxylic acids is 15. The molecule has 0 N–H and O–H groups in total. The number of nitrogens with zero attached hydrogens (tertiary/aromatic N) is 16. The van der Waals surface area contributed by atoms with Crippen molar-refractivity contribution in [1.29, 1.82) is 0 Å². The maximum Gasteiger partial charge on any atom is 0.542 e. The molecule has 9 unspecified atom stereocenters. The molecule has 9 rings (SSSR count). The van der Waals surface area contributed by atoms with Crippen LogP contribution in [0.4, 0.5) is 33.6 Å². The second kappa shape index (κ2) is 36.7. The maximum atomic E-state index is 14.5. The highest BCUT2D eigenvalue weighted by Gasteiger charge is 2.83. The lowest BCUT2D eigenvalue weighted by molar-refractivity contribution is -1.04. The second-order valence-electron chi connectivity index (χ2n) is 25.7. The fraction of sp³-hybridized carbons (Fsp3) is 0.766. The summed E-state index contributed by atoms with van der Waals surface area (Å²) in [4.78, 5) is 221. The van der Waals surface area contributed by atoms with Gasteiger partial charge in [-0.2, -0.15) is 29.3 Å². The number of aliphatic imine (C=N–C) groups is 8. The average molecular weight is 1330 g/mol. The number of rotatable bonds is 14. The normalized spacial score (nSPS) is 32.4. The van der Waals surface area contributed by atoms with E-state index in [-0.39, 0.29) is 45.7 Å². The summed E-state index contributed by atoms with van der Waals surface area (Å²) in [6.07, 6.45) is 28.2. The van der Waals surface area contributed by atoms with Gasteiger partial charge in [-0.15, -0.1) is 38.4 Å². The minimum Gasteiger partial charge on any atom is -0.269 e. The first-order chi connectivity index (χ1) is 45.7. The molecule has 9 aliphatic rings. The molecule has 0 radical (unpaired) electrons. The SMILES string of the molecule is C.O=C=NC1CCCCCN1C(=O)[N+]1(C(=O)N2CCCCCC2N=C=O)CCCCCC1N=C=O.O=C=NC1CCCCC[N+]12C(=O)[N+]1(CCCCCC1N=C=O)C2=O.O=C=NCCCCCCN1C(=O)[N+]2(CCCCCC2N=C=O)C(=O)[N+]2(CCCCCC2N=C=O)C1=O. The summed E-state index contributed by atoms with van der Waals surface area (Å²) in [5.41, 5.74) is 0. The van der Waals surface area contributed by atoms with Crippen molar-refractivity contribution in [2.45, 2.75) is 256 Å². The van der Waals surface area contributed by atoms with Crippen LogP contribution in [-0.4, -0.2) is 230 Å². The third-order valence-corrected chi connectivity index (χ3v) is 20.6. The molecule has 95 heavy (non-hydrogen) atoms. The number of urea groups is 7. The molecular weight excluding hydrogens is 1230 g/mol. The molecule has 0 aromatic heterocycles. The van der Waals surface area contributed by atoms with Crippen molar-refractivity contribution in [1.82, 2.24) is 14.7 Å². The van der Waals surface area contributed by atoms with E-state index in [4.69, 9.17) is 0 Å². The lowest BCUT2D eigenvalue weighted by atomic mass is 10.1. The molecule has 31 nitrogen and oxygen atoms in total. The Kier molecular flexibility index (Phi) is 29.4. The Balaban J connectivity index is 0.000000229. The monoisotopic (exact) mass is 1330 g/mol. The van der Waals surface area contributed by atoms with Crippen LogP contribution in [0, 0.1) is 0 Å². The lowest BCUT2D eigenvalue weighted by Crippen LogP contribution is -2.89. The average Bonchev–Trinajstić information content (AvgIpc) is 1.54. The van der Waals surface area contributed by atoms with Gasteiger partial charge in [0.15, 0.2) is 0 Å². The Morgan fingerprint density at radius 1 is 0.347 bits per heavy atom. The van der Waals surface area contributed by atoms with E-state index in [0.29, 0.717) is 148 Å². The molecular formula is C64H93N16O15+5. The van der Waals surface area contributed by atoms with Crippen molar-refractivity contribution in [2.75, 3.05) is 58.9 Å². The predicted molar refractivity (Wildman–Crippen MR) is 334 cm³/mol. The molecule has 0 aromatic rings. The third-order valence-electron chi connectivity index (χ3n) is 20.6. The Morgan fingerprint density at radius 3 is 1.05 bits per heavy atom. The number of unbranched alkanes of at least 4 members (excludes halogenated alkanes) is 3. The Hall–Kier alpha value is -8.07. The summed E-state index contributed by atoms with van der Waals surface area (Å²) in [6.45, 7) is 2.29. The minimum atomic E-state index is -0.971. The van der Waals surface area contributed by atoms with Gasteiger partial charge in [0.1, 0.15) is 38.5 Å². The Labute approximate surface area is 552 Å². The van der Waals surface area contributed by atoms with Crippen LogP contribution in [0.3, 0.4) is 0 Å². The highest BCUT2D eigenvalue weighted by molar-refractivity contribution is 5.99. The van der Waals surface area contributed by atoms with E-state index in [1.807, 2.05) is 0 Å². The molecule has 9 saturated heterocycles. The molecule has 9 fully saturated rings. The molecule has 0 aliphatic carbocycles. The summed E-state index contributed by atoms with van der Waals surface area (Å²) >= 11 is 0. The van der Waals surface area contributed by atoms with Gasteiger partial charge < -0.3 is 0 Å². The van der Waals surface area contributed by atoms with E-state index < -0.39 is 95.7 Å². The number of quaternary nitrogens is 5. The lowest BCUT2D eigenvalue weighted by Gasteiger charge is -2.50. The van der Waals surface area contributed by atoms with Crippen LogP contribution in [0.25, 0.3) is 0 Å². The van der Waals surface area contributed by atoms with Crippen LogP contribution in [0.5, 0.6) is 0 Å². The van der Waals surface area contributed by atoms with Crippen LogP contribution in [0.2, 0.25) is 0 Å². The Bertz CT molecular complexity index is 3010. The maximum absolute atomic E-state index is 14.5. The minimum absolute atomic E-state index is 0. The van der Waals surface area contributed by atoms with Crippen molar-refractivity contribution in [3.63, 3.8) is 0 Å². The van der Waals surface area contributed by atoms with Gasteiger partial charge in [-0.05, 0) is 148 Å². The van der Waals surface area contributed by atoms with Crippen LogP contribution in [0.1, 0.15) is 213 Å². The molecule has 4 spiro atoms. The highest BCUT2D eigenvalue weighted by atomic mass is 16.3. The summed E-state index contributed by atoms with van der Waals surface area (Å²) in [6, 6.07) is -3.54. The van der Waals surface area contributed by atoms with Crippen molar-refractivity contribution in [3.05, 3.63) is 0 Å². The van der Waals surface area contributed by atoms with Gasteiger partial charge in [0.2, 0.25) is 79.5 Å². The number of hydrogen-bond acceptors (Lipinski definition) is 23. The van der Waals surface area contributed by atoms with E-state index in [1.54, 1.807) is 30.4 Å². The zero-order chi connectivity index (χ0) is 67.6. The van der Waals surface area contributed by atoms with Crippen molar-refractivity contribution in [3.8, 4) is 0 Å². The fourth-order valence-corrected chi connectivity index (χ4v) is 15.9. The number of amides is 14. The molecule has 9 atom stereocenters. The molecule has 31 heteroatoms. The molecule has 0 saturated carbocycles. The zero-order valence-corrected chi connectivity index (χ0v) is 53.8. The molecule has 9 aliphatic heterocycles. The van der Waals surface area contributed by atoms with Gasteiger partial charge in [0.25, 0.3) is 0 Å². The largest absolute Gasteiger partial charge is 0.542 e. The first-order valence-corrected chi connectivity index (χ1v) is 33.8. The standard InChI is InChI=1S/C24H34N6O6.C23H33N6O5.C16H22N4O4.CH4/c31-17-25-13-7-1-2-8-14-28-22(34)29(15-9-3-5-11-20(29)26-18-32)24(36)30(23(28)35)16-10-4-6-12-21(30)27-19-33;30-16-24-19-10-4-1-7-13-27(19)22(33)29(15-9-3-6-12-21(29)26-18-32)23(34)28-14-8-2-5-11-20(28)25-17-31;21-11-17-13-7-3-1-5-9-19(13)15(23)20(16(19)24)10-6-2-4-8-14(20)18-12-22;/h20-21H,1-16H2;19-21H,1-15H2;13-14H,1-10H2;1H4/q+2;+1;+2;. The molecule has 0 aromatic carbocycles. The van der Waals surface area contributed by atoms with E-state index in [2.05, 4.69) is 39.9 Å². The number of carbonyl (C=O) groups is 7. The molecule has 0 bridgehead atoms. The van der Waals surface area contributed by atoms with Gasteiger partial charge in [0.05, 0.1) is 13.1 Å². The highest BCUT2D eigenvalue weighted by Crippen LogP contribution is 2.47. The van der Waals surface area contributed by atoms with E-state index in [0.717, 1.165) is 94.8 Å². The second-order valence-corrected chi connectivity index (χ2v) is 25.7. The molecule has 9 heterocycles. The number of likely N-dealkylation sites (tertiary alicyclic amines) is 3. The quantitative estimate of drug-likeness (QED) is 0.0675. The van der Waals surface area contributed by atoms with E-state index in [1.165, 1.54) is 28.0 Å². The number of isocyanates is 8. The molecule has 514 valence electrons. The van der Waals surface area contributed by atoms with Crippen molar-refractivity contribution in [2.24, 2.45) is 39.9 Å². The van der Waals surface area contributed by atoms with Crippen LogP contribution >= 0.6 is 0 Å². The van der Waals surface area contributed by atoms with Crippen LogP contribution < -0.4 is 0 Å². The smallest absolute Gasteiger partial charge is 0.269 e. The first kappa shape index (κ1) is 76.0. The van der Waals surface area contributed by atoms with Crippen molar-refractivity contribution >= 4 is 90.9 Å². The van der Waals surface area contributed by atoms with E-state index in [9.17, 15) is 71.9 Å². The first-order valence-electron chi connectivity index (χ1n) is 33.8. The summed E-state index contributed by atoms with van der Waals surface area (Å²) in [5.74, 6) is 0. The van der Waals surface area contributed by atoms with Crippen molar-refractivity contribution < 1.29 is 94.3 Å². The van der Waals surface area contributed by atoms with E-state index >= 15 is 0 Å². The predicted octanol–water partition coefficient (Wildman–Crippen LogP) is 10.00. The van der Waals surface area contributed by atoms with Gasteiger partial charge >= 0.3 is 42.2 Å². The topological polar surface area (TPSA) is 365 Å². The van der Waals surface area contributed by atoms with Crippen LogP contribution in [-0.2, 0) is 38.4 Å². The number of hydrogen-bond donors (Lipinski definition) is 0. The third kappa shape index (κ3) is 15.6. The Morgan fingerprint density at radius 2 is 0.663 bits per heavy atom. The summed E-state index contributed by atoms with van der Waals surface area (Å²) in [5, 5.41) is 0. The summed E-state index contributed by atoms with van der Waals surface area (Å²) < 4.78 is -3.01. The van der Waals surface area contributed by atoms with Gasteiger partial charge in [-0.1, -0.05) is 42.1 Å². The number of imide groups is 6. The van der Waals surface area contributed by atoms with Crippen LogP contribution in [0.15, 0.2) is 39.9 Å². The van der Waals surface area contributed by atoms with Gasteiger partial charge in [-0.3, -0.25) is 9.80 Å². The fourth-order valence-electron chi connectivity index (χ4n) is 15.9. The van der Waals surface area contributed by atoms with Gasteiger partial charge in [-0.25, -0.2) is 62.5 Å². The zero-order valence-electron chi connectivity index (χ0n) is 53.8. The van der Waals surface area contributed by atoms with Gasteiger partial charge in [0, 0.05) is 51.7 Å². The molecule has 14 amide bonds. The summed E-state index contributed by atoms with van der Waals surface area (Å²) in [7, 11) is 0.